The Morgan fingerprint density at radius 3 is 2.80 bits per heavy atom. The van der Waals surface area contributed by atoms with Crippen LogP contribution in [-0.2, 0) is 13.1 Å². The Labute approximate surface area is 125 Å². The smallest absolute Gasteiger partial charge is 0.0471 e. The molecule has 0 bridgehead atoms. The minimum Gasteiger partial charge on any atom is -0.370 e. The van der Waals surface area contributed by atoms with Gasteiger partial charge in [-0.3, -0.25) is 4.98 Å². The van der Waals surface area contributed by atoms with Crippen LogP contribution in [0.4, 0.5) is 5.69 Å². The fraction of sp³-hybridized carbons (Fsp3) is 0.312. The number of benzene rings is 1. The minimum atomic E-state index is 0.781. The fourth-order valence-corrected chi connectivity index (χ4v) is 2.42. The summed E-state index contributed by atoms with van der Waals surface area (Å²) in [6.07, 6.45) is 3.69. The van der Waals surface area contributed by atoms with Crippen molar-refractivity contribution >= 4 is 17.3 Å². The molecule has 20 heavy (non-hydrogen) atoms. The molecular formula is C16H20ClN3. The summed E-state index contributed by atoms with van der Waals surface area (Å²) < 4.78 is 0. The summed E-state index contributed by atoms with van der Waals surface area (Å²) in [6.45, 7) is 4.61. The first-order valence-corrected chi connectivity index (χ1v) is 7.18. The largest absolute Gasteiger partial charge is 0.370 e. The maximum absolute atomic E-state index is 6.33. The van der Waals surface area contributed by atoms with Gasteiger partial charge in [-0.25, -0.2) is 0 Å². The minimum absolute atomic E-state index is 0.781. The van der Waals surface area contributed by atoms with Gasteiger partial charge in [0.1, 0.15) is 0 Å². The molecule has 0 unspecified atom stereocenters. The van der Waals surface area contributed by atoms with Crippen LogP contribution in [-0.4, -0.2) is 18.6 Å². The highest BCUT2D eigenvalue weighted by molar-refractivity contribution is 6.31. The van der Waals surface area contributed by atoms with E-state index in [1.54, 1.807) is 6.20 Å². The molecule has 0 saturated heterocycles. The molecule has 4 heteroatoms. The van der Waals surface area contributed by atoms with Crippen molar-refractivity contribution in [2.75, 3.05) is 18.5 Å². The summed E-state index contributed by atoms with van der Waals surface area (Å²) in [5.74, 6) is 0. The first-order chi connectivity index (χ1) is 9.72. The van der Waals surface area contributed by atoms with Gasteiger partial charge in [0.05, 0.1) is 0 Å². The van der Waals surface area contributed by atoms with Crippen molar-refractivity contribution in [2.24, 2.45) is 0 Å². The van der Waals surface area contributed by atoms with Gasteiger partial charge in [-0.05, 0) is 30.3 Å². The lowest BCUT2D eigenvalue weighted by Crippen LogP contribution is -2.21. The third-order valence-electron chi connectivity index (χ3n) is 3.20. The van der Waals surface area contributed by atoms with Gasteiger partial charge < -0.3 is 10.2 Å². The molecule has 1 N–H and O–H groups in total. The monoisotopic (exact) mass is 289 g/mol. The summed E-state index contributed by atoms with van der Waals surface area (Å²) in [4.78, 5) is 6.36. The van der Waals surface area contributed by atoms with Crippen LogP contribution < -0.4 is 10.2 Å². The Kier molecular flexibility index (Phi) is 5.39. The summed E-state index contributed by atoms with van der Waals surface area (Å²) in [7, 11) is 2.08. The number of nitrogens with one attached hydrogen (secondary N) is 1. The van der Waals surface area contributed by atoms with E-state index >= 15 is 0 Å². The van der Waals surface area contributed by atoms with Crippen molar-refractivity contribution in [3.63, 3.8) is 0 Å². The first kappa shape index (κ1) is 14.8. The lowest BCUT2D eigenvalue weighted by molar-refractivity contribution is 0.723. The van der Waals surface area contributed by atoms with E-state index in [2.05, 4.69) is 41.3 Å². The Morgan fingerprint density at radius 2 is 2.10 bits per heavy atom. The standard InChI is InChI=1S/C16H20ClN3/c1-3-18-11-14-15(17)7-4-8-16(14)20(2)12-13-6-5-9-19-10-13/h4-10,18H,3,11-12H2,1-2H3. The molecule has 0 fully saturated rings. The van der Waals surface area contributed by atoms with Crippen LogP contribution in [0, 0.1) is 0 Å². The van der Waals surface area contributed by atoms with Crippen molar-refractivity contribution in [3.05, 3.63) is 58.9 Å². The number of pyridine rings is 1. The zero-order valence-corrected chi connectivity index (χ0v) is 12.7. The number of aromatic nitrogens is 1. The van der Waals surface area contributed by atoms with E-state index in [0.29, 0.717) is 0 Å². The van der Waals surface area contributed by atoms with Crippen LogP contribution in [0.25, 0.3) is 0 Å². The van der Waals surface area contributed by atoms with Gasteiger partial charge in [0.15, 0.2) is 0 Å². The Morgan fingerprint density at radius 1 is 1.25 bits per heavy atom. The molecule has 106 valence electrons. The fourth-order valence-electron chi connectivity index (χ4n) is 2.18. The second kappa shape index (κ2) is 7.27. The molecule has 2 rings (SSSR count). The third kappa shape index (κ3) is 3.71. The molecule has 0 spiro atoms. The van der Waals surface area contributed by atoms with E-state index < -0.39 is 0 Å². The van der Waals surface area contributed by atoms with E-state index in [0.717, 1.165) is 35.9 Å². The molecule has 0 radical (unpaired) electrons. The van der Waals surface area contributed by atoms with Crippen LogP contribution in [0.15, 0.2) is 42.7 Å². The Hall–Kier alpha value is -1.58. The highest BCUT2D eigenvalue weighted by Gasteiger charge is 2.11. The van der Waals surface area contributed by atoms with E-state index in [1.165, 1.54) is 5.56 Å². The number of rotatable bonds is 6. The summed E-state index contributed by atoms with van der Waals surface area (Å²) >= 11 is 6.33. The number of halogens is 1. The molecule has 0 aliphatic carbocycles. The topological polar surface area (TPSA) is 28.2 Å². The molecule has 0 atom stereocenters. The van der Waals surface area contributed by atoms with Gasteiger partial charge in [0, 0.05) is 48.8 Å². The lowest BCUT2D eigenvalue weighted by atomic mass is 10.1. The Bertz CT molecular complexity index is 543. The molecule has 0 saturated carbocycles. The normalized spacial score (nSPS) is 10.6. The predicted molar refractivity (Wildman–Crippen MR) is 85.2 cm³/mol. The van der Waals surface area contributed by atoms with Crippen molar-refractivity contribution in [1.29, 1.82) is 0 Å². The van der Waals surface area contributed by atoms with Crippen LogP contribution in [0.3, 0.4) is 0 Å². The third-order valence-corrected chi connectivity index (χ3v) is 3.55. The molecule has 0 aliphatic rings. The van der Waals surface area contributed by atoms with E-state index in [-0.39, 0.29) is 0 Å². The number of anilines is 1. The second-order valence-corrected chi connectivity index (χ2v) is 5.14. The van der Waals surface area contributed by atoms with Gasteiger partial charge in [0.2, 0.25) is 0 Å². The predicted octanol–water partition coefficient (Wildman–Crippen LogP) is 3.48. The molecule has 1 heterocycles. The molecule has 0 amide bonds. The van der Waals surface area contributed by atoms with Crippen LogP contribution >= 0.6 is 11.6 Å². The molecule has 2 aromatic rings. The first-order valence-electron chi connectivity index (χ1n) is 6.80. The van der Waals surface area contributed by atoms with Gasteiger partial charge >= 0.3 is 0 Å². The summed E-state index contributed by atoms with van der Waals surface area (Å²) in [6, 6.07) is 10.1. The van der Waals surface area contributed by atoms with E-state index in [9.17, 15) is 0 Å². The highest BCUT2D eigenvalue weighted by atomic mass is 35.5. The average Bonchev–Trinajstić information content (AvgIpc) is 2.47. The van der Waals surface area contributed by atoms with Gasteiger partial charge in [0.25, 0.3) is 0 Å². The number of hydrogen-bond acceptors (Lipinski definition) is 3. The lowest BCUT2D eigenvalue weighted by Gasteiger charge is -2.23. The summed E-state index contributed by atoms with van der Waals surface area (Å²) in [5, 5.41) is 4.15. The molecule has 0 aliphatic heterocycles. The van der Waals surface area contributed by atoms with Gasteiger partial charge in [-0.2, -0.15) is 0 Å². The number of nitrogens with zero attached hydrogens (tertiary/aromatic N) is 2. The average molecular weight is 290 g/mol. The van der Waals surface area contributed by atoms with Gasteiger partial charge in [-0.1, -0.05) is 30.7 Å². The zero-order chi connectivity index (χ0) is 14.4. The van der Waals surface area contributed by atoms with Gasteiger partial charge in [-0.15, -0.1) is 0 Å². The number of hydrogen-bond donors (Lipinski definition) is 1. The second-order valence-electron chi connectivity index (χ2n) is 4.74. The Balaban J connectivity index is 2.20. The van der Waals surface area contributed by atoms with Crippen LogP contribution in [0.1, 0.15) is 18.1 Å². The van der Waals surface area contributed by atoms with Crippen molar-refractivity contribution in [1.82, 2.24) is 10.3 Å². The van der Waals surface area contributed by atoms with Crippen LogP contribution in [0.2, 0.25) is 5.02 Å². The molecular weight excluding hydrogens is 270 g/mol. The zero-order valence-electron chi connectivity index (χ0n) is 11.9. The highest BCUT2D eigenvalue weighted by Crippen LogP contribution is 2.27. The van der Waals surface area contributed by atoms with E-state index in [1.807, 2.05) is 24.4 Å². The molecule has 3 nitrogen and oxygen atoms in total. The van der Waals surface area contributed by atoms with Crippen molar-refractivity contribution < 1.29 is 0 Å². The van der Waals surface area contributed by atoms with E-state index in [4.69, 9.17) is 11.6 Å². The quantitative estimate of drug-likeness (QED) is 0.882. The molecule has 1 aromatic carbocycles. The van der Waals surface area contributed by atoms with Crippen molar-refractivity contribution in [2.45, 2.75) is 20.0 Å². The van der Waals surface area contributed by atoms with Crippen molar-refractivity contribution in [3.8, 4) is 0 Å². The maximum Gasteiger partial charge on any atom is 0.0471 e. The maximum atomic E-state index is 6.33. The summed E-state index contributed by atoms with van der Waals surface area (Å²) in [5.41, 5.74) is 3.48. The SMILES string of the molecule is CCNCc1c(Cl)cccc1N(C)Cc1cccnc1. The van der Waals surface area contributed by atoms with Crippen LogP contribution in [0.5, 0.6) is 0 Å². The molecule has 1 aromatic heterocycles.